The molecule has 0 aliphatic carbocycles. The van der Waals surface area contributed by atoms with E-state index >= 15 is 0 Å². The van der Waals surface area contributed by atoms with Crippen molar-refractivity contribution in [3.8, 4) is 5.75 Å². The smallest absolute Gasteiger partial charge is 0.311 e. The number of nitro groups is 1. The molecule has 2 rings (SSSR count). The second kappa shape index (κ2) is 7.44. The van der Waals surface area contributed by atoms with Crippen LogP contribution in [0.3, 0.4) is 0 Å². The van der Waals surface area contributed by atoms with E-state index in [4.69, 9.17) is 4.74 Å². The molecule has 108 valence electrons. The summed E-state index contributed by atoms with van der Waals surface area (Å²) in [5.74, 6) is 0.857. The maximum absolute atomic E-state index is 10.9. The van der Waals surface area contributed by atoms with Gasteiger partial charge in [-0.25, -0.2) is 0 Å². The quantitative estimate of drug-likeness (QED) is 0.257. The van der Waals surface area contributed by atoms with Gasteiger partial charge in [0.1, 0.15) is 6.29 Å². The SMILES string of the molecule is O=Cc1ccc(OCCSc2ccccc2)c([N+](=O)[O-])c1. The Morgan fingerprint density at radius 3 is 2.62 bits per heavy atom. The van der Waals surface area contributed by atoms with E-state index in [9.17, 15) is 14.9 Å². The highest BCUT2D eigenvalue weighted by Gasteiger charge is 2.15. The maximum Gasteiger partial charge on any atom is 0.311 e. The minimum atomic E-state index is -0.549. The highest BCUT2D eigenvalue weighted by Crippen LogP contribution is 2.28. The van der Waals surface area contributed by atoms with Crippen molar-refractivity contribution in [3.05, 3.63) is 64.2 Å². The number of nitrogens with zero attached hydrogens (tertiary/aromatic N) is 1. The number of thioether (sulfide) groups is 1. The van der Waals surface area contributed by atoms with Gasteiger partial charge in [-0.2, -0.15) is 0 Å². The molecule has 6 heteroatoms. The molecule has 0 amide bonds. The number of hydrogen-bond acceptors (Lipinski definition) is 5. The predicted octanol–water partition coefficient (Wildman–Crippen LogP) is 3.58. The molecule has 2 aromatic rings. The van der Waals surface area contributed by atoms with Crippen molar-refractivity contribution in [3.63, 3.8) is 0 Å². The Labute approximate surface area is 126 Å². The predicted molar refractivity (Wildman–Crippen MR) is 81.1 cm³/mol. The average Bonchev–Trinajstić information content (AvgIpc) is 2.52. The molecule has 0 radical (unpaired) electrons. The van der Waals surface area contributed by atoms with E-state index in [1.165, 1.54) is 18.2 Å². The number of nitro benzene ring substituents is 1. The molecule has 0 heterocycles. The molecule has 0 aromatic heterocycles. The molecule has 0 unspecified atom stereocenters. The van der Waals surface area contributed by atoms with Gasteiger partial charge in [0.15, 0.2) is 5.75 Å². The lowest BCUT2D eigenvalue weighted by molar-refractivity contribution is -0.385. The van der Waals surface area contributed by atoms with Crippen LogP contribution in [-0.4, -0.2) is 23.6 Å². The largest absolute Gasteiger partial charge is 0.486 e. The number of rotatable bonds is 7. The number of benzene rings is 2. The van der Waals surface area contributed by atoms with Gasteiger partial charge in [-0.1, -0.05) is 18.2 Å². The molecule has 0 aliphatic rings. The summed E-state index contributed by atoms with van der Waals surface area (Å²) < 4.78 is 5.44. The molecular weight excluding hydrogens is 290 g/mol. The molecule has 0 atom stereocenters. The molecule has 0 saturated heterocycles. The Bertz CT molecular complexity index is 631. The van der Waals surface area contributed by atoms with Gasteiger partial charge in [0.05, 0.1) is 11.5 Å². The van der Waals surface area contributed by atoms with E-state index in [2.05, 4.69) is 0 Å². The normalized spacial score (nSPS) is 10.1. The minimum absolute atomic E-state index is 0.180. The molecule has 0 bridgehead atoms. The summed E-state index contributed by atoms with van der Waals surface area (Å²) in [7, 11) is 0. The van der Waals surface area contributed by atoms with Crippen LogP contribution >= 0.6 is 11.8 Å². The summed E-state index contributed by atoms with van der Waals surface area (Å²) in [6.45, 7) is 0.348. The zero-order valence-electron chi connectivity index (χ0n) is 11.1. The van der Waals surface area contributed by atoms with Gasteiger partial charge in [-0.3, -0.25) is 14.9 Å². The molecule has 0 fully saturated rings. The Hall–Kier alpha value is -2.34. The third kappa shape index (κ3) is 4.32. The molecule has 0 spiro atoms. The third-order valence-corrected chi connectivity index (χ3v) is 3.64. The summed E-state index contributed by atoms with van der Waals surface area (Å²) in [5.41, 5.74) is 0.0667. The van der Waals surface area contributed by atoms with E-state index in [-0.39, 0.29) is 17.0 Å². The monoisotopic (exact) mass is 303 g/mol. The Morgan fingerprint density at radius 1 is 1.19 bits per heavy atom. The van der Waals surface area contributed by atoms with Crippen LogP contribution < -0.4 is 4.74 Å². The third-order valence-electron chi connectivity index (χ3n) is 2.67. The number of carbonyl (C=O) groups excluding carboxylic acids is 1. The zero-order valence-corrected chi connectivity index (χ0v) is 11.9. The van der Waals surface area contributed by atoms with Gasteiger partial charge in [0.25, 0.3) is 0 Å². The lowest BCUT2D eigenvalue weighted by Gasteiger charge is -2.07. The van der Waals surface area contributed by atoms with Crippen molar-refractivity contribution in [2.45, 2.75) is 4.90 Å². The molecule has 5 nitrogen and oxygen atoms in total. The summed E-state index contributed by atoms with van der Waals surface area (Å²) in [6.07, 6.45) is 0.571. The van der Waals surface area contributed by atoms with Crippen molar-refractivity contribution < 1.29 is 14.5 Å². The van der Waals surface area contributed by atoms with Crippen LogP contribution in [0, 0.1) is 10.1 Å². The van der Waals surface area contributed by atoms with Gasteiger partial charge in [-0.05, 0) is 24.3 Å². The second-order valence-electron chi connectivity index (χ2n) is 4.11. The summed E-state index contributed by atoms with van der Waals surface area (Å²) >= 11 is 1.61. The average molecular weight is 303 g/mol. The molecule has 21 heavy (non-hydrogen) atoms. The van der Waals surface area contributed by atoms with Crippen LogP contribution in [0.5, 0.6) is 5.75 Å². The summed E-state index contributed by atoms with van der Waals surface area (Å²) in [6, 6.07) is 14.0. The first-order valence-corrected chi connectivity index (χ1v) is 7.23. The van der Waals surface area contributed by atoms with Crippen LogP contribution in [0.25, 0.3) is 0 Å². The number of ether oxygens (including phenoxy) is 1. The molecular formula is C15H13NO4S. The van der Waals surface area contributed by atoms with E-state index in [1.807, 2.05) is 30.3 Å². The fourth-order valence-corrected chi connectivity index (χ4v) is 2.45. The van der Waals surface area contributed by atoms with Crippen LogP contribution in [0.2, 0.25) is 0 Å². The Morgan fingerprint density at radius 2 is 1.95 bits per heavy atom. The first-order chi connectivity index (χ1) is 10.2. The highest BCUT2D eigenvalue weighted by molar-refractivity contribution is 7.99. The number of aldehydes is 1. The van der Waals surface area contributed by atoms with Crippen LogP contribution in [0.4, 0.5) is 5.69 Å². The summed E-state index contributed by atoms with van der Waals surface area (Å²) in [5, 5.41) is 10.9. The van der Waals surface area contributed by atoms with E-state index in [1.54, 1.807) is 11.8 Å². The first-order valence-electron chi connectivity index (χ1n) is 6.25. The number of carbonyl (C=O) groups is 1. The van der Waals surface area contributed by atoms with Gasteiger partial charge >= 0.3 is 5.69 Å². The van der Waals surface area contributed by atoms with E-state index < -0.39 is 4.92 Å². The highest BCUT2D eigenvalue weighted by atomic mass is 32.2. The van der Waals surface area contributed by atoms with Crippen LogP contribution in [0.1, 0.15) is 10.4 Å². The standard InChI is InChI=1S/C15H13NO4S/c17-11-12-6-7-15(14(10-12)16(18)19)20-8-9-21-13-4-2-1-3-5-13/h1-7,10-11H,8-9H2. The lowest BCUT2D eigenvalue weighted by atomic mass is 10.2. The molecule has 0 aliphatic heterocycles. The van der Waals surface area contributed by atoms with Gasteiger partial charge < -0.3 is 4.74 Å². The lowest BCUT2D eigenvalue weighted by Crippen LogP contribution is -2.03. The van der Waals surface area contributed by atoms with E-state index in [0.29, 0.717) is 18.6 Å². The van der Waals surface area contributed by atoms with E-state index in [0.717, 1.165) is 4.90 Å². The van der Waals surface area contributed by atoms with Crippen molar-refractivity contribution in [1.29, 1.82) is 0 Å². The van der Waals surface area contributed by atoms with Crippen LogP contribution in [0.15, 0.2) is 53.4 Å². The zero-order chi connectivity index (χ0) is 15.1. The van der Waals surface area contributed by atoms with Crippen molar-refractivity contribution in [2.75, 3.05) is 12.4 Å². The second-order valence-corrected chi connectivity index (χ2v) is 5.28. The first kappa shape index (κ1) is 15.1. The molecule has 2 aromatic carbocycles. The topological polar surface area (TPSA) is 69.4 Å². The van der Waals surface area contributed by atoms with Gasteiger partial charge in [0, 0.05) is 22.3 Å². The van der Waals surface area contributed by atoms with Crippen molar-refractivity contribution in [1.82, 2.24) is 0 Å². The maximum atomic E-state index is 10.9. The number of hydrogen-bond donors (Lipinski definition) is 0. The molecule has 0 N–H and O–H groups in total. The van der Waals surface area contributed by atoms with Gasteiger partial charge in [-0.15, -0.1) is 11.8 Å². The van der Waals surface area contributed by atoms with Crippen molar-refractivity contribution >= 4 is 23.7 Å². The fraction of sp³-hybridized carbons (Fsp3) is 0.133. The Balaban J connectivity index is 1.93. The molecule has 0 saturated carbocycles. The van der Waals surface area contributed by atoms with Crippen LogP contribution in [-0.2, 0) is 0 Å². The van der Waals surface area contributed by atoms with Crippen molar-refractivity contribution in [2.24, 2.45) is 0 Å². The fourth-order valence-electron chi connectivity index (χ4n) is 1.70. The van der Waals surface area contributed by atoms with Gasteiger partial charge in [0.2, 0.25) is 0 Å². The Kier molecular flexibility index (Phi) is 5.34. The summed E-state index contributed by atoms with van der Waals surface area (Å²) in [4.78, 5) is 22.2. The minimum Gasteiger partial charge on any atom is -0.486 e.